The average molecular weight is 222 g/mol. The number of halogens is 1. The molecule has 1 heterocycles. The largest absolute Gasteiger partial charge is 0.339 e. The molecule has 1 aliphatic rings. The van der Waals surface area contributed by atoms with Crippen LogP contribution in [0.1, 0.15) is 20.3 Å². The second-order valence-electron chi connectivity index (χ2n) is 3.30. The Hall–Kier alpha value is 0.110. The van der Waals surface area contributed by atoms with E-state index in [1.54, 1.807) is 6.92 Å². The Morgan fingerprint density at radius 1 is 1.77 bits per heavy atom. The first-order chi connectivity index (χ1) is 6.15. The number of alkyl halides is 1. The average Bonchev–Trinajstić information content (AvgIpc) is 2.16. The van der Waals surface area contributed by atoms with Crippen molar-refractivity contribution in [2.45, 2.75) is 30.9 Å². The molecule has 0 spiro atoms. The number of thioether (sulfide) groups is 1. The number of carbonyl (C=O) groups is 1. The maximum atomic E-state index is 11.5. The van der Waals surface area contributed by atoms with Crippen LogP contribution in [0.15, 0.2) is 0 Å². The number of carbonyl (C=O) groups excluding carboxylic acids is 1. The summed E-state index contributed by atoms with van der Waals surface area (Å²) >= 11 is 7.71. The number of rotatable bonds is 2. The van der Waals surface area contributed by atoms with E-state index in [4.69, 9.17) is 11.6 Å². The molecule has 0 bridgehead atoms. The first-order valence-corrected chi connectivity index (χ1v) is 6.18. The van der Waals surface area contributed by atoms with E-state index in [1.165, 1.54) is 0 Å². The van der Waals surface area contributed by atoms with Gasteiger partial charge in [-0.3, -0.25) is 4.79 Å². The molecule has 13 heavy (non-hydrogen) atoms. The van der Waals surface area contributed by atoms with Crippen LogP contribution in [0.4, 0.5) is 0 Å². The maximum absolute atomic E-state index is 11.5. The number of nitrogens with zero attached hydrogens (tertiary/aromatic N) is 1. The monoisotopic (exact) mass is 221 g/mol. The number of hydrogen-bond acceptors (Lipinski definition) is 2. The molecule has 2 nitrogen and oxygen atoms in total. The van der Waals surface area contributed by atoms with E-state index in [-0.39, 0.29) is 11.3 Å². The van der Waals surface area contributed by atoms with Gasteiger partial charge >= 0.3 is 0 Å². The Labute approximate surface area is 89.0 Å². The van der Waals surface area contributed by atoms with Gasteiger partial charge in [-0.15, -0.1) is 11.6 Å². The molecule has 2 unspecified atom stereocenters. The van der Waals surface area contributed by atoms with Gasteiger partial charge in [-0.25, -0.2) is 0 Å². The summed E-state index contributed by atoms with van der Waals surface area (Å²) in [4.78, 5) is 13.4. The van der Waals surface area contributed by atoms with Crippen molar-refractivity contribution >= 4 is 29.3 Å². The molecule has 0 aliphatic carbocycles. The fraction of sp³-hybridized carbons (Fsp3) is 0.889. The third-order valence-electron chi connectivity index (χ3n) is 2.25. The third kappa shape index (κ3) is 3.06. The molecule has 0 aromatic carbocycles. The molecule has 76 valence electrons. The van der Waals surface area contributed by atoms with E-state index in [9.17, 15) is 4.79 Å². The van der Waals surface area contributed by atoms with E-state index >= 15 is 0 Å². The highest BCUT2D eigenvalue weighted by molar-refractivity contribution is 8.00. The van der Waals surface area contributed by atoms with Crippen LogP contribution in [0, 0.1) is 0 Å². The number of amides is 1. The zero-order valence-electron chi connectivity index (χ0n) is 8.12. The molecule has 1 rings (SSSR count). The van der Waals surface area contributed by atoms with Gasteiger partial charge in [-0.2, -0.15) is 11.8 Å². The van der Waals surface area contributed by atoms with Crippen molar-refractivity contribution < 1.29 is 4.79 Å². The molecule has 0 aromatic rings. The van der Waals surface area contributed by atoms with Crippen molar-refractivity contribution in [2.75, 3.05) is 18.8 Å². The SMILES string of the molecule is CCC1CN(C(=O)C(C)Cl)CCS1. The van der Waals surface area contributed by atoms with Crippen LogP contribution in [0.5, 0.6) is 0 Å². The van der Waals surface area contributed by atoms with Gasteiger partial charge in [0.2, 0.25) is 5.91 Å². The van der Waals surface area contributed by atoms with Crippen molar-refractivity contribution in [2.24, 2.45) is 0 Å². The van der Waals surface area contributed by atoms with Crippen LogP contribution in [0.2, 0.25) is 0 Å². The van der Waals surface area contributed by atoms with E-state index in [0.717, 1.165) is 25.3 Å². The highest BCUT2D eigenvalue weighted by Gasteiger charge is 2.24. The Bertz CT molecular complexity index is 186. The highest BCUT2D eigenvalue weighted by atomic mass is 35.5. The van der Waals surface area contributed by atoms with Gasteiger partial charge < -0.3 is 4.90 Å². The molecule has 0 radical (unpaired) electrons. The highest BCUT2D eigenvalue weighted by Crippen LogP contribution is 2.21. The van der Waals surface area contributed by atoms with Gasteiger partial charge in [-0.05, 0) is 13.3 Å². The lowest BCUT2D eigenvalue weighted by atomic mass is 10.2. The zero-order valence-corrected chi connectivity index (χ0v) is 9.70. The lowest BCUT2D eigenvalue weighted by Crippen LogP contribution is -2.44. The Kier molecular flexibility index (Phi) is 4.39. The van der Waals surface area contributed by atoms with Gasteiger partial charge in [-0.1, -0.05) is 6.92 Å². The maximum Gasteiger partial charge on any atom is 0.240 e. The molecule has 4 heteroatoms. The summed E-state index contributed by atoms with van der Waals surface area (Å²) in [7, 11) is 0. The molecule has 0 N–H and O–H groups in total. The minimum absolute atomic E-state index is 0.0837. The minimum atomic E-state index is -0.374. The fourth-order valence-corrected chi connectivity index (χ4v) is 2.74. The van der Waals surface area contributed by atoms with Crippen LogP contribution in [0.3, 0.4) is 0 Å². The first-order valence-electron chi connectivity index (χ1n) is 4.69. The molecular formula is C9H16ClNOS. The molecule has 1 amide bonds. The Morgan fingerprint density at radius 3 is 3.00 bits per heavy atom. The normalized spacial score (nSPS) is 25.8. The van der Waals surface area contributed by atoms with E-state index in [1.807, 2.05) is 16.7 Å². The summed E-state index contributed by atoms with van der Waals surface area (Å²) in [6.45, 7) is 5.64. The second-order valence-corrected chi connectivity index (χ2v) is 5.36. The lowest BCUT2D eigenvalue weighted by molar-refractivity contribution is -0.130. The predicted molar refractivity (Wildman–Crippen MR) is 58.4 cm³/mol. The van der Waals surface area contributed by atoms with Gasteiger partial charge in [0.05, 0.1) is 0 Å². The van der Waals surface area contributed by atoms with Crippen molar-refractivity contribution in [3.8, 4) is 0 Å². The van der Waals surface area contributed by atoms with Crippen LogP contribution >= 0.6 is 23.4 Å². The first kappa shape index (κ1) is 11.2. The molecular weight excluding hydrogens is 206 g/mol. The summed E-state index contributed by atoms with van der Waals surface area (Å²) in [6, 6.07) is 0. The number of hydrogen-bond donors (Lipinski definition) is 0. The van der Waals surface area contributed by atoms with E-state index < -0.39 is 0 Å². The zero-order chi connectivity index (χ0) is 9.84. The molecule has 0 aromatic heterocycles. The van der Waals surface area contributed by atoms with Crippen molar-refractivity contribution in [1.82, 2.24) is 4.90 Å². The van der Waals surface area contributed by atoms with Crippen LogP contribution in [-0.2, 0) is 4.79 Å². The van der Waals surface area contributed by atoms with Crippen LogP contribution in [0.25, 0.3) is 0 Å². The topological polar surface area (TPSA) is 20.3 Å². The van der Waals surface area contributed by atoms with Crippen LogP contribution < -0.4 is 0 Å². The molecule has 2 atom stereocenters. The van der Waals surface area contributed by atoms with E-state index in [0.29, 0.717) is 5.25 Å². The second kappa shape index (κ2) is 5.11. The lowest BCUT2D eigenvalue weighted by Gasteiger charge is -2.32. The standard InChI is InChI=1S/C9H16ClNOS/c1-3-8-6-11(4-5-13-8)9(12)7(2)10/h7-8H,3-6H2,1-2H3. The van der Waals surface area contributed by atoms with Crippen molar-refractivity contribution in [3.63, 3.8) is 0 Å². The molecule has 1 saturated heterocycles. The fourth-order valence-electron chi connectivity index (χ4n) is 1.42. The summed E-state index contributed by atoms with van der Waals surface area (Å²) in [5, 5.41) is 0.230. The van der Waals surface area contributed by atoms with Crippen LogP contribution in [-0.4, -0.2) is 40.3 Å². The molecule has 0 saturated carbocycles. The minimum Gasteiger partial charge on any atom is -0.339 e. The van der Waals surface area contributed by atoms with Crippen molar-refractivity contribution in [3.05, 3.63) is 0 Å². The molecule has 1 fully saturated rings. The van der Waals surface area contributed by atoms with Gasteiger partial charge in [0.15, 0.2) is 0 Å². The summed E-state index contributed by atoms with van der Waals surface area (Å²) in [5.41, 5.74) is 0. The predicted octanol–water partition coefficient (Wildman–Crippen LogP) is 1.97. The Balaban J connectivity index is 2.46. The smallest absolute Gasteiger partial charge is 0.240 e. The Morgan fingerprint density at radius 2 is 2.46 bits per heavy atom. The summed E-state index contributed by atoms with van der Waals surface area (Å²) in [6.07, 6.45) is 1.13. The molecule has 1 aliphatic heterocycles. The third-order valence-corrected chi connectivity index (χ3v) is 3.80. The van der Waals surface area contributed by atoms with Gasteiger partial charge in [0, 0.05) is 24.1 Å². The summed E-state index contributed by atoms with van der Waals surface area (Å²) < 4.78 is 0. The van der Waals surface area contributed by atoms with Gasteiger partial charge in [0.1, 0.15) is 5.38 Å². The van der Waals surface area contributed by atoms with E-state index in [2.05, 4.69) is 6.92 Å². The van der Waals surface area contributed by atoms with Crippen molar-refractivity contribution in [1.29, 1.82) is 0 Å². The quantitative estimate of drug-likeness (QED) is 0.665. The van der Waals surface area contributed by atoms with Gasteiger partial charge in [0.25, 0.3) is 0 Å². The summed E-state index contributed by atoms with van der Waals surface area (Å²) in [5.74, 6) is 1.13.